The van der Waals surface area contributed by atoms with Gasteiger partial charge in [-0.2, -0.15) is 0 Å². The van der Waals surface area contributed by atoms with Gasteiger partial charge in [0.25, 0.3) is 0 Å². The van der Waals surface area contributed by atoms with E-state index in [1.54, 1.807) is 11.3 Å². The molecule has 0 N–H and O–H groups in total. The highest BCUT2D eigenvalue weighted by molar-refractivity contribution is 7.18. The van der Waals surface area contributed by atoms with Gasteiger partial charge in [-0.15, -0.1) is 45.3 Å². The van der Waals surface area contributed by atoms with Crippen LogP contribution in [0.5, 0.6) is 0 Å². The highest BCUT2D eigenvalue weighted by Gasteiger charge is 2.42. The first-order chi connectivity index (χ1) is 10.8. The molecule has 0 aromatic carbocycles. The maximum Gasteiger partial charge on any atom is 0.107 e. The third kappa shape index (κ3) is 2.22. The molecule has 0 aliphatic carbocycles. The average Bonchev–Trinajstić information content (AvgIpc) is 3.31. The van der Waals surface area contributed by atoms with Crippen LogP contribution in [0, 0.1) is 0 Å². The van der Waals surface area contributed by atoms with Crippen molar-refractivity contribution in [3.05, 3.63) is 88.5 Å². The van der Waals surface area contributed by atoms with Crippen LogP contribution in [0.1, 0.15) is 19.5 Å². The summed E-state index contributed by atoms with van der Waals surface area (Å²) >= 11 is 13.4. The van der Waals surface area contributed by atoms with E-state index < -0.39 is 0 Å². The van der Waals surface area contributed by atoms with E-state index in [4.69, 9.17) is 11.6 Å². The van der Waals surface area contributed by atoms with Crippen molar-refractivity contribution in [2.24, 2.45) is 0 Å². The molecule has 5 heteroatoms. The summed E-state index contributed by atoms with van der Waals surface area (Å²) in [5.41, 5.74) is -0.228. The minimum atomic E-state index is -0.228. The quantitative estimate of drug-likeness (QED) is 0.359. The van der Waals surface area contributed by atoms with E-state index in [9.17, 15) is 0 Å². The van der Waals surface area contributed by atoms with Gasteiger partial charge in [-0.25, -0.2) is 0 Å². The zero-order valence-corrected chi connectivity index (χ0v) is 15.4. The van der Waals surface area contributed by atoms with Crippen molar-refractivity contribution in [2.45, 2.75) is 5.41 Å². The standard InChI is InChI=1S/C17H11ClS4/c18-16-8-7-15(22-16)17(12-4-1-9-19-12,13-5-2-10-20-13)14-6-3-11-21-14/h1-11H. The normalized spacial score (nSPS) is 11.9. The Balaban J connectivity index is 2.09. The Bertz CT molecular complexity index is 754. The maximum atomic E-state index is 6.28. The summed E-state index contributed by atoms with van der Waals surface area (Å²) < 4.78 is 0.837. The molecule has 0 atom stereocenters. The summed E-state index contributed by atoms with van der Waals surface area (Å²) in [5.74, 6) is 0. The Morgan fingerprint density at radius 2 is 1.14 bits per heavy atom. The van der Waals surface area contributed by atoms with Crippen LogP contribution in [0.25, 0.3) is 0 Å². The molecule has 0 amide bonds. The Labute approximate surface area is 150 Å². The highest BCUT2D eigenvalue weighted by Crippen LogP contribution is 2.52. The van der Waals surface area contributed by atoms with Gasteiger partial charge in [0.15, 0.2) is 0 Å². The Morgan fingerprint density at radius 1 is 0.636 bits per heavy atom. The maximum absolute atomic E-state index is 6.28. The molecule has 0 saturated heterocycles. The Hall–Kier alpha value is -0.910. The molecule has 0 aliphatic rings. The van der Waals surface area contributed by atoms with Crippen LogP contribution in [-0.4, -0.2) is 0 Å². The van der Waals surface area contributed by atoms with Gasteiger partial charge in [-0.05, 0) is 46.5 Å². The molecular formula is C17H11ClS4. The summed E-state index contributed by atoms with van der Waals surface area (Å²) in [6.07, 6.45) is 0. The van der Waals surface area contributed by atoms with Crippen molar-refractivity contribution in [1.82, 2.24) is 0 Å². The van der Waals surface area contributed by atoms with Gasteiger partial charge in [-0.1, -0.05) is 29.8 Å². The molecule has 0 unspecified atom stereocenters. The summed E-state index contributed by atoms with van der Waals surface area (Å²) in [6.45, 7) is 0. The number of hydrogen-bond acceptors (Lipinski definition) is 4. The topological polar surface area (TPSA) is 0 Å². The van der Waals surface area contributed by atoms with Crippen molar-refractivity contribution >= 4 is 56.9 Å². The van der Waals surface area contributed by atoms with Gasteiger partial charge in [0, 0.05) is 19.5 Å². The van der Waals surface area contributed by atoms with E-state index in [-0.39, 0.29) is 5.41 Å². The lowest BCUT2D eigenvalue weighted by Gasteiger charge is -2.30. The average molecular weight is 379 g/mol. The van der Waals surface area contributed by atoms with Crippen LogP contribution in [0.15, 0.2) is 64.7 Å². The monoisotopic (exact) mass is 378 g/mol. The van der Waals surface area contributed by atoms with Crippen LogP contribution >= 0.6 is 56.9 Å². The van der Waals surface area contributed by atoms with Crippen LogP contribution in [0.4, 0.5) is 0 Å². The first-order valence-electron chi connectivity index (χ1n) is 6.69. The fraction of sp³-hybridized carbons (Fsp3) is 0.0588. The highest BCUT2D eigenvalue weighted by atomic mass is 35.5. The molecule has 0 bridgehead atoms. The molecule has 0 fully saturated rings. The van der Waals surface area contributed by atoms with Gasteiger partial charge < -0.3 is 0 Å². The minimum Gasteiger partial charge on any atom is -0.147 e. The molecule has 0 aliphatic heterocycles. The molecular weight excluding hydrogens is 368 g/mol. The lowest BCUT2D eigenvalue weighted by Crippen LogP contribution is -2.26. The predicted molar refractivity (Wildman–Crippen MR) is 101 cm³/mol. The molecule has 0 nitrogen and oxygen atoms in total. The molecule has 22 heavy (non-hydrogen) atoms. The molecule has 4 heterocycles. The van der Waals surface area contributed by atoms with Crippen molar-refractivity contribution < 1.29 is 0 Å². The van der Waals surface area contributed by atoms with Crippen LogP contribution in [-0.2, 0) is 5.41 Å². The van der Waals surface area contributed by atoms with Crippen LogP contribution in [0.2, 0.25) is 4.34 Å². The van der Waals surface area contributed by atoms with Gasteiger partial charge in [-0.3, -0.25) is 0 Å². The summed E-state index contributed by atoms with van der Waals surface area (Å²) in [4.78, 5) is 5.31. The lowest BCUT2D eigenvalue weighted by molar-refractivity contribution is 0.823. The molecule has 0 radical (unpaired) electrons. The van der Waals surface area contributed by atoms with Gasteiger partial charge >= 0.3 is 0 Å². The van der Waals surface area contributed by atoms with Gasteiger partial charge in [0.1, 0.15) is 5.41 Å². The number of hydrogen-bond donors (Lipinski definition) is 0. The van der Waals surface area contributed by atoms with E-state index in [2.05, 4.69) is 58.6 Å². The molecule has 4 rings (SSSR count). The molecule has 4 aromatic rings. The summed E-state index contributed by atoms with van der Waals surface area (Å²) in [6, 6.07) is 17.3. The van der Waals surface area contributed by atoms with E-state index in [1.165, 1.54) is 19.5 Å². The first kappa shape index (κ1) is 14.7. The lowest BCUT2D eigenvalue weighted by atomic mass is 9.81. The molecule has 0 saturated carbocycles. The second kappa shape index (κ2) is 5.95. The van der Waals surface area contributed by atoms with Crippen molar-refractivity contribution in [3.63, 3.8) is 0 Å². The number of thiophene rings is 4. The van der Waals surface area contributed by atoms with Crippen molar-refractivity contribution in [3.8, 4) is 0 Å². The Kier molecular flexibility index (Phi) is 3.96. The van der Waals surface area contributed by atoms with E-state index in [1.807, 2.05) is 40.1 Å². The zero-order chi connectivity index (χ0) is 15.0. The Morgan fingerprint density at radius 3 is 1.45 bits per heavy atom. The largest absolute Gasteiger partial charge is 0.147 e. The van der Waals surface area contributed by atoms with Crippen LogP contribution in [0.3, 0.4) is 0 Å². The van der Waals surface area contributed by atoms with Crippen LogP contribution < -0.4 is 0 Å². The van der Waals surface area contributed by atoms with Gasteiger partial charge in [0.05, 0.1) is 4.34 Å². The smallest absolute Gasteiger partial charge is 0.107 e. The fourth-order valence-electron chi connectivity index (χ4n) is 2.72. The summed E-state index contributed by atoms with van der Waals surface area (Å²) in [5, 5.41) is 6.46. The SMILES string of the molecule is Clc1ccc(C(c2cccs2)(c2cccs2)c2cccs2)s1. The van der Waals surface area contributed by atoms with E-state index in [0.29, 0.717) is 0 Å². The molecule has 0 spiro atoms. The van der Waals surface area contributed by atoms with E-state index in [0.717, 1.165) is 4.34 Å². The third-order valence-electron chi connectivity index (χ3n) is 3.62. The van der Waals surface area contributed by atoms with Crippen molar-refractivity contribution in [1.29, 1.82) is 0 Å². The first-order valence-corrected chi connectivity index (χ1v) is 10.5. The summed E-state index contributed by atoms with van der Waals surface area (Å²) in [7, 11) is 0. The zero-order valence-electron chi connectivity index (χ0n) is 11.4. The number of rotatable bonds is 4. The van der Waals surface area contributed by atoms with E-state index >= 15 is 0 Å². The van der Waals surface area contributed by atoms with Gasteiger partial charge in [0.2, 0.25) is 0 Å². The predicted octanol–water partition coefficient (Wildman–Crippen LogP) is 6.97. The van der Waals surface area contributed by atoms with Crippen molar-refractivity contribution in [2.75, 3.05) is 0 Å². The second-order valence-electron chi connectivity index (χ2n) is 4.79. The minimum absolute atomic E-state index is 0.228. The third-order valence-corrected chi connectivity index (χ3v) is 7.93. The fourth-order valence-corrected chi connectivity index (χ4v) is 7.29. The second-order valence-corrected chi connectivity index (χ2v) is 9.34. The molecule has 110 valence electrons. The number of halogens is 1. The molecule has 4 aromatic heterocycles.